The van der Waals surface area contributed by atoms with E-state index in [4.69, 9.17) is 0 Å². The van der Waals surface area contributed by atoms with Crippen LogP contribution in [0.25, 0.3) is 10.9 Å². The maximum Gasteiger partial charge on any atom is 0.272 e. The zero-order valence-corrected chi connectivity index (χ0v) is 21.7. The van der Waals surface area contributed by atoms with Crippen molar-refractivity contribution in [1.82, 2.24) is 19.8 Å². The Labute approximate surface area is 213 Å². The molecule has 7 nitrogen and oxygen atoms in total. The number of hydrogen-bond acceptors (Lipinski definition) is 4. The highest BCUT2D eigenvalue weighted by atomic mass is 79.9. The molecule has 0 spiro atoms. The molecule has 0 aliphatic carbocycles. The second kappa shape index (κ2) is 8.90. The Balaban J connectivity index is 1.29. The molecule has 3 atom stereocenters. The van der Waals surface area contributed by atoms with Crippen LogP contribution in [0.3, 0.4) is 0 Å². The normalized spacial score (nSPS) is 20.5. The maximum absolute atomic E-state index is 13.7. The van der Waals surface area contributed by atoms with Crippen LogP contribution < -0.4 is 0 Å². The van der Waals surface area contributed by atoms with Crippen molar-refractivity contribution >= 4 is 44.4 Å². The van der Waals surface area contributed by atoms with E-state index in [0.29, 0.717) is 24.5 Å². The number of hydrogen-bond donors (Lipinski definition) is 1. The van der Waals surface area contributed by atoms with E-state index < -0.39 is 5.92 Å². The Bertz CT molecular complexity index is 1260. The minimum absolute atomic E-state index is 0.00308. The standard InChI is InChI=1S/C27H29BrN4O3/c1-27(2,3)20(12-24(33)23-10-16-6-4-5-7-21(16)30-23)25(34)31-14-19-11-18(31)15-32(19)26(35)22-9-8-17(28)13-29-22/h4-10,13,18-20,30H,11-12,14-15H2,1-3H3/t18-,19-,20+/m0/s1. The lowest BCUT2D eigenvalue weighted by molar-refractivity contribution is -0.141. The van der Waals surface area contributed by atoms with Crippen LogP contribution in [0.15, 0.2) is 53.1 Å². The van der Waals surface area contributed by atoms with Gasteiger partial charge in [0.2, 0.25) is 5.91 Å². The summed E-state index contributed by atoms with van der Waals surface area (Å²) in [6, 6.07) is 13.1. The van der Waals surface area contributed by atoms with E-state index in [1.54, 1.807) is 12.3 Å². The largest absolute Gasteiger partial charge is 0.352 e. The number of fused-ring (bicyclic) bond motifs is 3. The first-order valence-corrected chi connectivity index (χ1v) is 12.7. The molecule has 1 aromatic carbocycles. The number of carbonyl (C=O) groups is 3. The predicted molar refractivity (Wildman–Crippen MR) is 137 cm³/mol. The fraction of sp³-hybridized carbons (Fsp3) is 0.407. The molecule has 0 saturated carbocycles. The van der Waals surface area contributed by atoms with Gasteiger partial charge < -0.3 is 14.8 Å². The van der Waals surface area contributed by atoms with Gasteiger partial charge in [0.25, 0.3) is 5.91 Å². The molecule has 2 saturated heterocycles. The fourth-order valence-electron chi connectivity index (χ4n) is 5.32. The van der Waals surface area contributed by atoms with E-state index in [2.05, 4.69) is 25.9 Å². The molecule has 2 aliphatic heterocycles. The number of carbonyl (C=O) groups excluding carboxylic acids is 3. The van der Waals surface area contributed by atoms with Crippen molar-refractivity contribution in [3.05, 3.63) is 64.5 Å². The molecule has 182 valence electrons. The van der Waals surface area contributed by atoms with Crippen molar-refractivity contribution in [3.63, 3.8) is 0 Å². The molecular formula is C27H29BrN4O3. The zero-order valence-electron chi connectivity index (χ0n) is 20.1. The van der Waals surface area contributed by atoms with E-state index in [9.17, 15) is 14.4 Å². The second-order valence-corrected chi connectivity index (χ2v) is 11.6. The molecule has 2 aromatic heterocycles. The molecule has 3 aromatic rings. The summed E-state index contributed by atoms with van der Waals surface area (Å²) in [4.78, 5) is 51.1. The summed E-state index contributed by atoms with van der Waals surface area (Å²) in [6.45, 7) is 7.03. The van der Waals surface area contributed by atoms with Crippen molar-refractivity contribution in [2.24, 2.45) is 11.3 Å². The zero-order chi connectivity index (χ0) is 24.9. The number of ketones is 1. The number of nitrogens with zero attached hydrogens (tertiary/aromatic N) is 3. The van der Waals surface area contributed by atoms with Crippen molar-refractivity contribution in [2.75, 3.05) is 13.1 Å². The van der Waals surface area contributed by atoms with Crippen LogP contribution in [0.1, 0.15) is 54.6 Å². The number of piperazine rings is 1. The third-order valence-corrected chi connectivity index (χ3v) is 7.76. The molecule has 2 bridgehead atoms. The third kappa shape index (κ3) is 4.51. The molecule has 2 fully saturated rings. The van der Waals surface area contributed by atoms with Crippen molar-refractivity contribution in [3.8, 4) is 0 Å². The highest BCUT2D eigenvalue weighted by Crippen LogP contribution is 2.38. The van der Waals surface area contributed by atoms with Crippen LogP contribution in [-0.4, -0.2) is 62.5 Å². The Morgan fingerprint density at radius 3 is 2.43 bits per heavy atom. The van der Waals surface area contributed by atoms with Crippen LogP contribution in [0.5, 0.6) is 0 Å². The summed E-state index contributed by atoms with van der Waals surface area (Å²) >= 11 is 3.35. The average Bonchev–Trinajstić information content (AvgIpc) is 3.55. The Hall–Kier alpha value is -3.00. The van der Waals surface area contributed by atoms with Gasteiger partial charge >= 0.3 is 0 Å². The Kier molecular flexibility index (Phi) is 6.03. The van der Waals surface area contributed by atoms with Gasteiger partial charge in [-0.1, -0.05) is 39.0 Å². The number of aromatic amines is 1. The number of pyridine rings is 1. The molecule has 0 radical (unpaired) electrons. The molecule has 2 aliphatic rings. The van der Waals surface area contributed by atoms with Crippen LogP contribution >= 0.6 is 15.9 Å². The molecular weight excluding hydrogens is 508 g/mol. The van der Waals surface area contributed by atoms with Gasteiger partial charge in [-0.15, -0.1) is 0 Å². The van der Waals surface area contributed by atoms with E-state index in [1.807, 2.05) is 67.0 Å². The topological polar surface area (TPSA) is 86.4 Å². The van der Waals surface area contributed by atoms with Gasteiger partial charge in [-0.05, 0) is 52.0 Å². The summed E-state index contributed by atoms with van der Waals surface area (Å²) in [5.41, 5.74) is 1.48. The van der Waals surface area contributed by atoms with Crippen molar-refractivity contribution < 1.29 is 14.4 Å². The lowest BCUT2D eigenvalue weighted by Gasteiger charge is -2.39. The van der Waals surface area contributed by atoms with Gasteiger partial charge in [0, 0.05) is 41.1 Å². The smallest absolute Gasteiger partial charge is 0.272 e. The van der Waals surface area contributed by atoms with E-state index in [-0.39, 0.29) is 41.5 Å². The number of nitrogens with one attached hydrogen (secondary N) is 1. The molecule has 5 rings (SSSR count). The predicted octanol–water partition coefficient (Wildman–Crippen LogP) is 4.69. The third-order valence-electron chi connectivity index (χ3n) is 7.29. The van der Waals surface area contributed by atoms with Crippen LogP contribution in [0.4, 0.5) is 0 Å². The summed E-state index contributed by atoms with van der Waals surface area (Å²) in [5.74, 6) is -0.600. The molecule has 35 heavy (non-hydrogen) atoms. The minimum Gasteiger partial charge on any atom is -0.352 e. The lowest BCUT2D eigenvalue weighted by Crippen LogP contribution is -2.53. The lowest BCUT2D eigenvalue weighted by atomic mass is 9.76. The highest BCUT2D eigenvalue weighted by Gasteiger charge is 2.49. The number of H-pyrrole nitrogens is 1. The Morgan fingerprint density at radius 2 is 1.80 bits per heavy atom. The summed E-state index contributed by atoms with van der Waals surface area (Å²) in [7, 11) is 0. The van der Waals surface area contributed by atoms with Crippen LogP contribution in [0.2, 0.25) is 0 Å². The monoisotopic (exact) mass is 536 g/mol. The number of likely N-dealkylation sites (tertiary alicyclic amines) is 2. The minimum atomic E-state index is -0.446. The summed E-state index contributed by atoms with van der Waals surface area (Å²) in [6.07, 6.45) is 2.53. The fourth-order valence-corrected chi connectivity index (χ4v) is 5.55. The van der Waals surface area contributed by atoms with Gasteiger partial charge in [-0.25, -0.2) is 4.98 Å². The summed E-state index contributed by atoms with van der Waals surface area (Å²) < 4.78 is 0.823. The van der Waals surface area contributed by atoms with Gasteiger partial charge in [0.1, 0.15) is 5.69 Å². The van der Waals surface area contributed by atoms with Gasteiger partial charge in [0.05, 0.1) is 23.7 Å². The Morgan fingerprint density at radius 1 is 1.09 bits per heavy atom. The number of para-hydroxylation sites is 1. The van der Waals surface area contributed by atoms with Crippen molar-refractivity contribution in [1.29, 1.82) is 0 Å². The molecule has 1 N–H and O–H groups in total. The number of rotatable bonds is 5. The van der Waals surface area contributed by atoms with Gasteiger partial charge in [-0.2, -0.15) is 0 Å². The number of amides is 2. The molecule has 8 heteroatoms. The first-order valence-electron chi connectivity index (χ1n) is 12.0. The van der Waals surface area contributed by atoms with E-state index in [0.717, 1.165) is 21.8 Å². The SMILES string of the molecule is CC(C)(C)[C@H](CC(=O)c1cc2ccccc2[nH]1)C(=O)N1C[C@@H]2C[C@H]1CN2C(=O)c1ccc(Br)cn1. The molecule has 4 heterocycles. The van der Waals surface area contributed by atoms with Gasteiger partial charge in [-0.3, -0.25) is 14.4 Å². The highest BCUT2D eigenvalue weighted by molar-refractivity contribution is 9.10. The average molecular weight is 537 g/mol. The van der Waals surface area contributed by atoms with Gasteiger partial charge in [0.15, 0.2) is 5.78 Å². The van der Waals surface area contributed by atoms with Crippen LogP contribution in [0, 0.1) is 11.3 Å². The maximum atomic E-state index is 13.7. The first kappa shape index (κ1) is 23.7. The number of aromatic nitrogens is 2. The van der Waals surface area contributed by atoms with Crippen LogP contribution in [-0.2, 0) is 4.79 Å². The first-order chi connectivity index (χ1) is 16.6. The number of Topliss-reactive ketones (excluding diaryl/α,β-unsaturated/α-hetero) is 1. The molecule has 0 unspecified atom stereocenters. The van der Waals surface area contributed by atoms with E-state index >= 15 is 0 Å². The quantitative estimate of drug-likeness (QED) is 0.479. The second-order valence-electron chi connectivity index (χ2n) is 10.7. The number of halogens is 1. The van der Waals surface area contributed by atoms with E-state index in [1.165, 1.54) is 0 Å². The number of benzene rings is 1. The summed E-state index contributed by atoms with van der Waals surface area (Å²) in [5, 5.41) is 0.983. The molecule has 2 amide bonds. The van der Waals surface area contributed by atoms with Crippen molar-refractivity contribution in [2.45, 2.75) is 45.7 Å².